The molecule has 1 aromatic heterocycles. The molecule has 2 nitrogen and oxygen atoms in total. The fourth-order valence-corrected chi connectivity index (χ4v) is 7.69. The first-order chi connectivity index (χ1) is 12.1. The molecule has 1 aliphatic carbocycles. The van der Waals surface area contributed by atoms with Gasteiger partial charge >= 0.3 is 0 Å². The van der Waals surface area contributed by atoms with Gasteiger partial charge < -0.3 is 5.32 Å². The number of anilines is 1. The first-order valence-electron chi connectivity index (χ1n) is 8.54. The average Bonchev–Trinajstić information content (AvgIpc) is 3.16. The molecule has 2 aliphatic rings. The van der Waals surface area contributed by atoms with Gasteiger partial charge in [-0.05, 0) is 57.3 Å². The van der Waals surface area contributed by atoms with Gasteiger partial charge in [-0.1, -0.05) is 31.3 Å². The maximum atomic E-state index is 4.42. The molecule has 0 atom stereocenters. The van der Waals surface area contributed by atoms with Crippen LogP contribution >= 0.6 is 11.3 Å². The first kappa shape index (κ1) is 16.3. The van der Waals surface area contributed by atoms with Gasteiger partial charge in [-0.15, -0.1) is 11.3 Å². The molecular formula is C21H22N2SSi. The molecular weight excluding hydrogens is 340 g/mol. The predicted octanol–water partition coefficient (Wildman–Crippen LogP) is 4.63. The third kappa shape index (κ3) is 2.48. The summed E-state index contributed by atoms with van der Waals surface area (Å²) in [5.74, 6) is 0. The van der Waals surface area contributed by atoms with Gasteiger partial charge in [0.25, 0.3) is 0 Å². The predicted molar refractivity (Wildman–Crippen MR) is 114 cm³/mol. The van der Waals surface area contributed by atoms with E-state index in [1.54, 1.807) is 0 Å². The molecule has 0 amide bonds. The van der Waals surface area contributed by atoms with Crippen LogP contribution in [-0.2, 0) is 0 Å². The van der Waals surface area contributed by atoms with Crippen LogP contribution in [0.4, 0.5) is 5.69 Å². The zero-order chi connectivity index (χ0) is 17.6. The topological polar surface area (TPSA) is 24.4 Å². The van der Waals surface area contributed by atoms with Crippen molar-refractivity contribution in [2.24, 2.45) is 4.99 Å². The number of aliphatic imine (C=N–C) groups is 1. The van der Waals surface area contributed by atoms with Crippen molar-refractivity contribution in [3.05, 3.63) is 75.2 Å². The molecule has 0 saturated heterocycles. The molecule has 1 aliphatic heterocycles. The third-order valence-corrected chi connectivity index (χ3v) is 9.63. The summed E-state index contributed by atoms with van der Waals surface area (Å²) >= 11 is 1.82. The molecule has 1 N–H and O–H groups in total. The summed E-state index contributed by atoms with van der Waals surface area (Å²) in [5, 5.41) is 8.46. The minimum absolute atomic E-state index is 1.07. The van der Waals surface area contributed by atoms with Crippen molar-refractivity contribution in [3.8, 4) is 0 Å². The van der Waals surface area contributed by atoms with E-state index in [9.17, 15) is 0 Å². The SMILES string of the molecule is CN=C1C=CC2=C(c3cccs3)c3ccc(NC)cc3[Si](C)(C)C2=C1. The van der Waals surface area contributed by atoms with Crippen molar-refractivity contribution >= 4 is 41.6 Å². The quantitative estimate of drug-likeness (QED) is 0.774. The van der Waals surface area contributed by atoms with Gasteiger partial charge in [-0.2, -0.15) is 0 Å². The number of rotatable bonds is 2. The van der Waals surface area contributed by atoms with E-state index in [0.29, 0.717) is 0 Å². The van der Waals surface area contributed by atoms with Gasteiger partial charge in [-0.3, -0.25) is 4.99 Å². The maximum absolute atomic E-state index is 4.42. The number of nitrogens with zero attached hydrogens (tertiary/aromatic N) is 1. The van der Waals surface area contributed by atoms with Gasteiger partial charge in [0.1, 0.15) is 8.07 Å². The van der Waals surface area contributed by atoms with E-state index in [0.717, 1.165) is 5.71 Å². The number of thiophene rings is 1. The molecule has 0 unspecified atom stereocenters. The van der Waals surface area contributed by atoms with Crippen molar-refractivity contribution in [3.63, 3.8) is 0 Å². The largest absolute Gasteiger partial charge is 0.388 e. The molecule has 4 rings (SSSR count). The Labute approximate surface area is 154 Å². The summed E-state index contributed by atoms with van der Waals surface area (Å²) in [6.07, 6.45) is 6.73. The molecule has 0 saturated carbocycles. The highest BCUT2D eigenvalue weighted by Crippen LogP contribution is 2.42. The normalized spacial score (nSPS) is 19.5. The van der Waals surface area contributed by atoms with Crippen molar-refractivity contribution in [1.29, 1.82) is 0 Å². The van der Waals surface area contributed by atoms with E-state index >= 15 is 0 Å². The van der Waals surface area contributed by atoms with Gasteiger partial charge in [-0.25, -0.2) is 0 Å². The van der Waals surface area contributed by atoms with E-state index in [1.807, 2.05) is 25.4 Å². The molecule has 4 heteroatoms. The zero-order valence-electron chi connectivity index (χ0n) is 15.1. The first-order valence-corrected chi connectivity index (χ1v) is 12.4. The highest BCUT2D eigenvalue weighted by atomic mass is 32.1. The smallest absolute Gasteiger partial charge is 0.114 e. The van der Waals surface area contributed by atoms with Gasteiger partial charge in [0.05, 0.1) is 5.71 Å². The van der Waals surface area contributed by atoms with E-state index in [2.05, 4.69) is 77.3 Å². The highest BCUT2D eigenvalue weighted by Gasteiger charge is 2.39. The lowest BCUT2D eigenvalue weighted by atomic mass is 9.93. The lowest BCUT2D eigenvalue weighted by Crippen LogP contribution is -2.49. The second-order valence-electron chi connectivity index (χ2n) is 6.94. The van der Waals surface area contributed by atoms with E-state index in [1.165, 1.54) is 37.7 Å². The molecule has 0 bridgehead atoms. The van der Waals surface area contributed by atoms with Crippen LogP contribution in [0.3, 0.4) is 0 Å². The van der Waals surface area contributed by atoms with Crippen LogP contribution in [0.15, 0.2) is 69.7 Å². The Kier molecular flexibility index (Phi) is 3.89. The van der Waals surface area contributed by atoms with E-state index in [-0.39, 0.29) is 0 Å². The average molecular weight is 363 g/mol. The Bertz CT molecular complexity index is 960. The van der Waals surface area contributed by atoms with Gasteiger partial charge in [0.2, 0.25) is 0 Å². The van der Waals surface area contributed by atoms with Gasteiger partial charge in [0, 0.05) is 30.2 Å². The van der Waals surface area contributed by atoms with Gasteiger partial charge in [0.15, 0.2) is 0 Å². The Hall–Kier alpha value is -2.17. The lowest BCUT2D eigenvalue weighted by Gasteiger charge is -2.37. The zero-order valence-corrected chi connectivity index (χ0v) is 16.9. The van der Waals surface area contributed by atoms with Crippen molar-refractivity contribution < 1.29 is 0 Å². The molecule has 25 heavy (non-hydrogen) atoms. The Morgan fingerprint density at radius 1 is 1.12 bits per heavy atom. The molecule has 0 spiro atoms. The van der Waals surface area contributed by atoms with Crippen molar-refractivity contribution in [2.75, 3.05) is 19.4 Å². The van der Waals surface area contributed by atoms with Crippen LogP contribution in [0.1, 0.15) is 10.4 Å². The molecule has 2 heterocycles. The summed E-state index contributed by atoms with van der Waals surface area (Å²) in [6, 6.07) is 11.2. The molecule has 126 valence electrons. The fourth-order valence-electron chi connectivity index (χ4n) is 3.82. The van der Waals surface area contributed by atoms with E-state index < -0.39 is 8.07 Å². The van der Waals surface area contributed by atoms with Crippen molar-refractivity contribution in [1.82, 2.24) is 0 Å². The van der Waals surface area contributed by atoms with Crippen LogP contribution in [-0.4, -0.2) is 27.9 Å². The Morgan fingerprint density at radius 2 is 1.96 bits per heavy atom. The third-order valence-electron chi connectivity index (χ3n) is 5.22. The standard InChI is InChI=1S/C21H22N2SSi/c1-22-14-7-9-16-19(12-14)25(3,4)20-13-15(23-2)8-10-17(20)21(16)18-6-5-11-24-18/h5-13,22H,1-4H3. The minimum atomic E-state index is -1.80. The highest BCUT2D eigenvalue weighted by molar-refractivity contribution is 7.11. The van der Waals surface area contributed by atoms with E-state index in [4.69, 9.17) is 0 Å². The Morgan fingerprint density at radius 3 is 2.64 bits per heavy atom. The summed E-state index contributed by atoms with van der Waals surface area (Å²) < 4.78 is 0. The summed E-state index contributed by atoms with van der Waals surface area (Å²) in [6.45, 7) is 4.91. The number of benzene rings is 1. The van der Waals surface area contributed by atoms with Crippen LogP contribution in [0, 0.1) is 0 Å². The summed E-state index contributed by atoms with van der Waals surface area (Å²) in [4.78, 5) is 5.76. The monoisotopic (exact) mass is 362 g/mol. The summed E-state index contributed by atoms with van der Waals surface area (Å²) in [7, 11) is 2.06. The molecule has 0 radical (unpaired) electrons. The van der Waals surface area contributed by atoms with Crippen LogP contribution in [0.5, 0.6) is 0 Å². The number of hydrogen-bond donors (Lipinski definition) is 1. The minimum Gasteiger partial charge on any atom is -0.388 e. The number of nitrogens with one attached hydrogen (secondary N) is 1. The molecule has 1 aromatic carbocycles. The summed E-state index contributed by atoms with van der Waals surface area (Å²) in [5.41, 5.74) is 6.41. The number of hydrogen-bond acceptors (Lipinski definition) is 3. The fraction of sp³-hybridized carbons (Fsp3) is 0.190. The Balaban J connectivity index is 2.08. The second-order valence-corrected chi connectivity index (χ2v) is 12.2. The van der Waals surface area contributed by atoms with Crippen LogP contribution < -0.4 is 10.5 Å². The van der Waals surface area contributed by atoms with Crippen LogP contribution in [0.2, 0.25) is 13.1 Å². The molecule has 2 aromatic rings. The molecule has 0 fully saturated rings. The number of fused-ring (bicyclic) bond motifs is 2. The lowest BCUT2D eigenvalue weighted by molar-refractivity contribution is 1.42. The maximum Gasteiger partial charge on any atom is 0.114 e. The number of allylic oxidation sites excluding steroid dienone is 5. The van der Waals surface area contributed by atoms with Crippen molar-refractivity contribution in [2.45, 2.75) is 13.1 Å². The van der Waals surface area contributed by atoms with Crippen LogP contribution in [0.25, 0.3) is 5.57 Å². The second kappa shape index (κ2) is 5.97.